The van der Waals surface area contributed by atoms with E-state index in [1.807, 2.05) is 0 Å². The molecule has 0 saturated heterocycles. The van der Waals surface area contributed by atoms with E-state index in [0.29, 0.717) is 11.2 Å². The Bertz CT molecular complexity index is 1080. The number of fused-ring (bicyclic) bond motifs is 1. The van der Waals surface area contributed by atoms with Gasteiger partial charge in [0.25, 0.3) is 5.91 Å². The molecule has 1 amide bonds. The average Bonchev–Trinajstić information content (AvgIpc) is 3.05. The number of nitrogens with zero attached hydrogens (tertiary/aromatic N) is 3. The Labute approximate surface area is 150 Å². The fourth-order valence-corrected chi connectivity index (χ4v) is 2.52. The van der Waals surface area contributed by atoms with Crippen LogP contribution in [0.3, 0.4) is 0 Å². The Morgan fingerprint density at radius 1 is 1.19 bits per heavy atom. The molecule has 0 radical (unpaired) electrons. The third-order valence-corrected chi connectivity index (χ3v) is 3.82. The molecule has 0 aliphatic heterocycles. The minimum absolute atomic E-state index is 0.115. The zero-order valence-corrected chi connectivity index (χ0v) is 13.7. The van der Waals surface area contributed by atoms with Gasteiger partial charge in [0, 0.05) is 23.5 Å². The molecule has 138 valence electrons. The van der Waals surface area contributed by atoms with Crippen LogP contribution in [0.2, 0.25) is 0 Å². The summed E-state index contributed by atoms with van der Waals surface area (Å²) in [6.45, 7) is 0. The molecule has 0 unspecified atom stereocenters. The van der Waals surface area contributed by atoms with Crippen molar-refractivity contribution in [3.8, 4) is 0 Å². The third-order valence-electron chi connectivity index (χ3n) is 3.82. The van der Waals surface area contributed by atoms with Crippen LogP contribution in [0, 0.1) is 5.41 Å². The molecule has 3 rings (SSSR count). The summed E-state index contributed by atoms with van der Waals surface area (Å²) < 4.78 is 40.0. The van der Waals surface area contributed by atoms with Crippen LogP contribution in [0.5, 0.6) is 0 Å². The summed E-state index contributed by atoms with van der Waals surface area (Å²) in [5, 5.41) is 7.63. The number of nitrogens with one attached hydrogen (secondary N) is 1. The predicted molar refractivity (Wildman–Crippen MR) is 92.7 cm³/mol. The zero-order valence-electron chi connectivity index (χ0n) is 13.7. The summed E-state index contributed by atoms with van der Waals surface area (Å²) in [6, 6.07) is 6.48. The minimum atomic E-state index is -4.62. The van der Waals surface area contributed by atoms with Crippen LogP contribution in [0.15, 0.2) is 42.7 Å². The van der Waals surface area contributed by atoms with E-state index < -0.39 is 17.8 Å². The van der Waals surface area contributed by atoms with Gasteiger partial charge in [-0.15, -0.1) is 0 Å². The SMILES string of the molecule is N=CC(=C(N)c1cccc(C(F)(F)F)n1)c1ccc2ncc(C(N)=O)n2c1. The van der Waals surface area contributed by atoms with Crippen LogP contribution in [-0.2, 0) is 6.18 Å². The highest BCUT2D eigenvalue weighted by Crippen LogP contribution is 2.29. The van der Waals surface area contributed by atoms with Crippen molar-refractivity contribution in [1.29, 1.82) is 5.41 Å². The van der Waals surface area contributed by atoms with Crippen molar-refractivity contribution < 1.29 is 18.0 Å². The maximum Gasteiger partial charge on any atom is 0.433 e. The average molecular weight is 374 g/mol. The lowest BCUT2D eigenvalue weighted by atomic mass is 10.0. The second-order valence-corrected chi connectivity index (χ2v) is 5.53. The molecular weight excluding hydrogens is 361 g/mol. The van der Waals surface area contributed by atoms with E-state index in [1.54, 1.807) is 12.1 Å². The lowest BCUT2D eigenvalue weighted by Gasteiger charge is -2.11. The Morgan fingerprint density at radius 2 is 1.93 bits per heavy atom. The summed E-state index contributed by atoms with van der Waals surface area (Å²) in [5.74, 6) is -0.701. The number of hydrogen-bond acceptors (Lipinski definition) is 5. The van der Waals surface area contributed by atoms with Crippen molar-refractivity contribution in [2.75, 3.05) is 0 Å². The highest BCUT2D eigenvalue weighted by atomic mass is 19.4. The molecule has 27 heavy (non-hydrogen) atoms. The molecule has 0 aromatic carbocycles. The van der Waals surface area contributed by atoms with Gasteiger partial charge in [0.1, 0.15) is 17.0 Å². The summed E-state index contributed by atoms with van der Waals surface area (Å²) >= 11 is 0. The van der Waals surface area contributed by atoms with Gasteiger partial charge in [-0.05, 0) is 24.3 Å². The second-order valence-electron chi connectivity index (χ2n) is 5.53. The number of carbonyl (C=O) groups excluding carboxylic acids is 1. The summed E-state index contributed by atoms with van der Waals surface area (Å²) in [5.41, 5.74) is 11.0. The Balaban J connectivity index is 2.16. The third kappa shape index (κ3) is 3.36. The second kappa shape index (κ2) is 6.56. The topological polar surface area (TPSA) is 123 Å². The first-order valence-electron chi connectivity index (χ1n) is 7.54. The first kappa shape index (κ1) is 18.1. The molecule has 3 aromatic heterocycles. The van der Waals surface area contributed by atoms with Gasteiger partial charge in [-0.25, -0.2) is 9.97 Å². The fraction of sp³-hybridized carbons (Fsp3) is 0.0588. The first-order valence-corrected chi connectivity index (χ1v) is 7.54. The van der Waals surface area contributed by atoms with Crippen LogP contribution in [0.1, 0.15) is 27.4 Å². The van der Waals surface area contributed by atoms with Crippen molar-refractivity contribution in [1.82, 2.24) is 14.4 Å². The molecular formula is C17H13F3N6O. The minimum Gasteiger partial charge on any atom is -0.396 e. The molecule has 0 fully saturated rings. The van der Waals surface area contributed by atoms with Crippen molar-refractivity contribution in [2.45, 2.75) is 6.18 Å². The molecule has 3 aromatic rings. The monoisotopic (exact) mass is 374 g/mol. The predicted octanol–water partition coefficient (Wildman–Crippen LogP) is 2.32. The number of rotatable bonds is 4. The van der Waals surface area contributed by atoms with Gasteiger partial charge in [0.05, 0.1) is 17.6 Å². The van der Waals surface area contributed by atoms with Gasteiger partial charge >= 0.3 is 6.18 Å². The highest BCUT2D eigenvalue weighted by Gasteiger charge is 2.32. The number of pyridine rings is 2. The van der Waals surface area contributed by atoms with Gasteiger partial charge < -0.3 is 16.9 Å². The van der Waals surface area contributed by atoms with Gasteiger partial charge in [-0.3, -0.25) is 9.20 Å². The molecule has 5 N–H and O–H groups in total. The van der Waals surface area contributed by atoms with E-state index in [1.165, 1.54) is 28.9 Å². The number of hydrogen-bond donors (Lipinski definition) is 3. The fourth-order valence-electron chi connectivity index (χ4n) is 2.52. The van der Waals surface area contributed by atoms with Crippen LogP contribution in [0.25, 0.3) is 16.9 Å². The van der Waals surface area contributed by atoms with Crippen LogP contribution in [-0.4, -0.2) is 26.5 Å². The highest BCUT2D eigenvalue weighted by molar-refractivity contribution is 6.17. The van der Waals surface area contributed by atoms with E-state index in [0.717, 1.165) is 12.3 Å². The lowest BCUT2D eigenvalue weighted by Crippen LogP contribution is -2.14. The Kier molecular flexibility index (Phi) is 4.40. The van der Waals surface area contributed by atoms with Crippen molar-refractivity contribution in [3.05, 3.63) is 65.4 Å². The maximum absolute atomic E-state index is 12.9. The summed E-state index contributed by atoms with van der Waals surface area (Å²) in [4.78, 5) is 19.0. The van der Waals surface area contributed by atoms with E-state index in [9.17, 15) is 18.0 Å². The van der Waals surface area contributed by atoms with Crippen molar-refractivity contribution >= 4 is 29.0 Å². The number of primary amides is 1. The number of amides is 1. The number of alkyl halides is 3. The molecule has 7 nitrogen and oxygen atoms in total. The Morgan fingerprint density at radius 3 is 2.56 bits per heavy atom. The summed E-state index contributed by atoms with van der Waals surface area (Å²) in [6.07, 6.45) is -0.942. The van der Waals surface area contributed by atoms with Gasteiger partial charge in [0.2, 0.25) is 0 Å². The number of imidazole rings is 1. The molecule has 0 bridgehead atoms. The smallest absolute Gasteiger partial charge is 0.396 e. The van der Waals surface area contributed by atoms with Gasteiger partial charge in [-0.1, -0.05) is 6.07 Å². The van der Waals surface area contributed by atoms with E-state index in [2.05, 4.69) is 9.97 Å². The maximum atomic E-state index is 12.9. The quantitative estimate of drug-likeness (QED) is 0.606. The van der Waals surface area contributed by atoms with Crippen LogP contribution >= 0.6 is 0 Å². The molecule has 0 spiro atoms. The van der Waals surface area contributed by atoms with Crippen LogP contribution < -0.4 is 11.5 Å². The zero-order chi connectivity index (χ0) is 19.8. The van der Waals surface area contributed by atoms with Crippen molar-refractivity contribution in [2.24, 2.45) is 11.5 Å². The van der Waals surface area contributed by atoms with E-state index in [4.69, 9.17) is 16.9 Å². The summed E-state index contributed by atoms with van der Waals surface area (Å²) in [7, 11) is 0. The molecule has 10 heteroatoms. The normalized spacial score (nSPS) is 12.7. The first-order chi connectivity index (χ1) is 12.7. The van der Waals surface area contributed by atoms with E-state index in [-0.39, 0.29) is 22.7 Å². The molecule has 0 atom stereocenters. The number of allylic oxidation sites excluding steroid dienone is 1. The lowest BCUT2D eigenvalue weighted by molar-refractivity contribution is -0.141. The van der Waals surface area contributed by atoms with E-state index >= 15 is 0 Å². The van der Waals surface area contributed by atoms with Crippen LogP contribution in [0.4, 0.5) is 13.2 Å². The van der Waals surface area contributed by atoms with Gasteiger partial charge in [0.15, 0.2) is 0 Å². The largest absolute Gasteiger partial charge is 0.433 e. The molecule has 0 aliphatic carbocycles. The number of nitrogens with two attached hydrogens (primary N) is 2. The number of halogens is 3. The molecule has 0 saturated carbocycles. The molecule has 3 heterocycles. The Hall–Kier alpha value is -3.69. The number of aromatic nitrogens is 3. The standard InChI is InChI=1S/C17H13F3N6O/c18-17(19,20)13-3-1-2-11(25-13)15(22)10(6-21)9-4-5-14-24-7-12(16(23)27)26(14)8-9/h1-8,21H,22H2,(H2,23,27). The van der Waals surface area contributed by atoms with Gasteiger partial charge in [-0.2, -0.15) is 13.2 Å². The van der Waals surface area contributed by atoms with Crippen molar-refractivity contribution in [3.63, 3.8) is 0 Å². The number of carbonyl (C=O) groups is 1. The molecule has 0 aliphatic rings.